The predicted molar refractivity (Wildman–Crippen MR) is 49.0 cm³/mol. The number of nitrogens with two attached hydrogens (primary N) is 2. The van der Waals surface area contributed by atoms with Crippen molar-refractivity contribution in [1.82, 2.24) is 9.97 Å². The number of amides is 1. The van der Waals surface area contributed by atoms with Crippen LogP contribution in [0.5, 0.6) is 0 Å². The van der Waals surface area contributed by atoms with Crippen LogP contribution in [0, 0.1) is 0 Å². The average molecular weight is 176 g/mol. The molecule has 0 saturated heterocycles. The van der Waals surface area contributed by atoms with Crippen LogP contribution in [0.25, 0.3) is 11.0 Å². The van der Waals surface area contributed by atoms with Crippen LogP contribution in [0.2, 0.25) is 0 Å². The second-order valence-corrected chi connectivity index (χ2v) is 2.72. The summed E-state index contributed by atoms with van der Waals surface area (Å²) in [6, 6.07) is 4.99. The van der Waals surface area contributed by atoms with E-state index in [2.05, 4.69) is 9.97 Å². The molecule has 0 spiro atoms. The van der Waals surface area contributed by atoms with E-state index < -0.39 is 5.91 Å². The van der Waals surface area contributed by atoms with Crippen LogP contribution in [-0.4, -0.2) is 15.9 Å². The van der Waals surface area contributed by atoms with Gasteiger partial charge in [-0.05, 0) is 18.2 Å². The molecule has 0 radical (unpaired) electrons. The van der Waals surface area contributed by atoms with Gasteiger partial charge in [-0.15, -0.1) is 0 Å². The summed E-state index contributed by atoms with van der Waals surface area (Å²) < 4.78 is 0. The maximum atomic E-state index is 10.8. The number of nitrogen functional groups attached to an aromatic ring is 1. The summed E-state index contributed by atoms with van der Waals surface area (Å²) in [6.45, 7) is 0. The third-order valence-corrected chi connectivity index (χ3v) is 1.76. The number of hydrogen-bond acceptors (Lipinski definition) is 3. The van der Waals surface area contributed by atoms with Crippen molar-refractivity contribution in [3.05, 3.63) is 23.9 Å². The Morgan fingerprint density at radius 2 is 2.23 bits per heavy atom. The zero-order valence-electron chi connectivity index (χ0n) is 6.74. The monoisotopic (exact) mass is 176 g/mol. The minimum Gasteiger partial charge on any atom is -0.384 e. The highest BCUT2D eigenvalue weighted by Gasteiger charge is 2.05. The summed E-state index contributed by atoms with van der Waals surface area (Å²) in [4.78, 5) is 17.6. The number of nitrogens with zero attached hydrogens (tertiary/aromatic N) is 1. The number of rotatable bonds is 1. The van der Waals surface area contributed by atoms with Gasteiger partial charge in [-0.2, -0.15) is 0 Å². The summed E-state index contributed by atoms with van der Waals surface area (Å²) in [6.07, 6.45) is 0. The van der Waals surface area contributed by atoms with Crippen molar-refractivity contribution in [2.45, 2.75) is 0 Å². The number of aromatic amines is 1. The van der Waals surface area contributed by atoms with Crippen LogP contribution in [0.4, 0.5) is 5.82 Å². The molecule has 5 N–H and O–H groups in total. The van der Waals surface area contributed by atoms with Crippen LogP contribution < -0.4 is 11.5 Å². The number of pyridine rings is 1. The summed E-state index contributed by atoms with van der Waals surface area (Å²) >= 11 is 0. The molecule has 0 aromatic carbocycles. The molecule has 2 rings (SSSR count). The largest absolute Gasteiger partial charge is 0.384 e. The molecule has 2 aromatic rings. The zero-order valence-corrected chi connectivity index (χ0v) is 6.74. The minimum absolute atomic E-state index is 0.341. The Hall–Kier alpha value is -2.04. The third-order valence-electron chi connectivity index (χ3n) is 1.76. The van der Waals surface area contributed by atoms with E-state index in [1.807, 2.05) is 0 Å². The average Bonchev–Trinajstić information content (AvgIpc) is 2.46. The standard InChI is InChI=1S/C8H8N4O/c9-7-2-1-4-5(12-7)3-6(11-4)8(10)13/h1-3,11H,(H2,9,12)(H2,10,13). The Kier molecular flexibility index (Phi) is 1.45. The molecule has 0 fully saturated rings. The van der Waals surface area contributed by atoms with Gasteiger partial charge in [0.05, 0.1) is 11.0 Å². The topological polar surface area (TPSA) is 97.8 Å². The number of hydrogen-bond donors (Lipinski definition) is 3. The van der Waals surface area contributed by atoms with Crippen molar-refractivity contribution in [3.63, 3.8) is 0 Å². The Labute approximate surface area is 73.7 Å². The third kappa shape index (κ3) is 1.20. The molecule has 0 bridgehead atoms. The van der Waals surface area contributed by atoms with Crippen molar-refractivity contribution in [2.24, 2.45) is 5.73 Å². The molecule has 0 aliphatic heterocycles. The zero-order chi connectivity index (χ0) is 9.42. The molecular formula is C8H8N4O. The van der Waals surface area contributed by atoms with Gasteiger partial charge in [0.25, 0.3) is 5.91 Å². The maximum absolute atomic E-state index is 10.8. The Morgan fingerprint density at radius 1 is 1.46 bits per heavy atom. The van der Waals surface area contributed by atoms with Gasteiger partial charge in [0, 0.05) is 0 Å². The molecule has 5 heteroatoms. The minimum atomic E-state index is -0.503. The lowest BCUT2D eigenvalue weighted by molar-refractivity contribution is 0.0996. The first kappa shape index (κ1) is 7.60. The Morgan fingerprint density at radius 3 is 2.92 bits per heavy atom. The molecule has 0 saturated carbocycles. The van der Waals surface area contributed by atoms with Crippen LogP contribution in [0.15, 0.2) is 18.2 Å². The van der Waals surface area contributed by atoms with E-state index in [0.717, 1.165) is 5.52 Å². The molecule has 66 valence electrons. The van der Waals surface area contributed by atoms with E-state index >= 15 is 0 Å². The number of primary amides is 1. The van der Waals surface area contributed by atoms with Gasteiger partial charge in [0.2, 0.25) is 0 Å². The van der Waals surface area contributed by atoms with Crippen molar-refractivity contribution in [2.75, 3.05) is 5.73 Å². The molecule has 0 aliphatic carbocycles. The number of nitrogens with one attached hydrogen (secondary N) is 1. The molecule has 0 unspecified atom stereocenters. The molecule has 13 heavy (non-hydrogen) atoms. The fourth-order valence-corrected chi connectivity index (χ4v) is 1.16. The predicted octanol–water partition coefficient (Wildman–Crippen LogP) is 0.244. The van der Waals surface area contributed by atoms with E-state index in [4.69, 9.17) is 11.5 Å². The van der Waals surface area contributed by atoms with E-state index in [1.165, 1.54) is 0 Å². The van der Waals surface area contributed by atoms with Crippen LogP contribution in [0.3, 0.4) is 0 Å². The molecule has 0 atom stereocenters. The molecule has 1 amide bonds. The van der Waals surface area contributed by atoms with E-state index in [9.17, 15) is 4.79 Å². The molecular weight excluding hydrogens is 168 g/mol. The summed E-state index contributed by atoms with van der Waals surface area (Å²) in [7, 11) is 0. The fourth-order valence-electron chi connectivity index (χ4n) is 1.16. The smallest absolute Gasteiger partial charge is 0.265 e. The lowest BCUT2D eigenvalue weighted by Gasteiger charge is -1.90. The van der Waals surface area contributed by atoms with E-state index in [0.29, 0.717) is 17.0 Å². The second-order valence-electron chi connectivity index (χ2n) is 2.72. The number of H-pyrrole nitrogens is 1. The number of carbonyl (C=O) groups excluding carboxylic acids is 1. The highest BCUT2D eigenvalue weighted by Crippen LogP contribution is 2.13. The van der Waals surface area contributed by atoms with Gasteiger partial charge in [-0.1, -0.05) is 0 Å². The fraction of sp³-hybridized carbons (Fsp3) is 0. The summed E-state index contributed by atoms with van der Waals surface area (Å²) in [5.41, 5.74) is 12.3. The number of fused-ring (bicyclic) bond motifs is 1. The first-order valence-corrected chi connectivity index (χ1v) is 3.72. The molecule has 2 aromatic heterocycles. The lowest BCUT2D eigenvalue weighted by atomic mass is 10.3. The van der Waals surface area contributed by atoms with Gasteiger partial charge >= 0.3 is 0 Å². The lowest BCUT2D eigenvalue weighted by Crippen LogP contribution is -2.10. The first-order valence-electron chi connectivity index (χ1n) is 3.72. The van der Waals surface area contributed by atoms with Crippen molar-refractivity contribution < 1.29 is 4.79 Å². The quantitative estimate of drug-likeness (QED) is 0.580. The highest BCUT2D eigenvalue weighted by atomic mass is 16.1. The van der Waals surface area contributed by atoms with Crippen LogP contribution in [-0.2, 0) is 0 Å². The molecule has 5 nitrogen and oxygen atoms in total. The first-order chi connectivity index (χ1) is 6.16. The summed E-state index contributed by atoms with van der Waals surface area (Å²) in [5.74, 6) is -0.0842. The van der Waals surface area contributed by atoms with Gasteiger partial charge in [-0.25, -0.2) is 4.98 Å². The van der Waals surface area contributed by atoms with Gasteiger partial charge < -0.3 is 16.5 Å². The SMILES string of the molecule is NC(=O)c1cc2nc(N)ccc2[nH]1. The number of aromatic nitrogens is 2. The molecule has 2 heterocycles. The Bertz CT molecular complexity index is 474. The maximum Gasteiger partial charge on any atom is 0.265 e. The van der Waals surface area contributed by atoms with Gasteiger partial charge in [0.1, 0.15) is 11.5 Å². The number of carbonyl (C=O) groups is 1. The highest BCUT2D eigenvalue weighted by molar-refractivity contribution is 5.96. The Balaban J connectivity index is 2.68. The van der Waals surface area contributed by atoms with Crippen LogP contribution in [0.1, 0.15) is 10.5 Å². The molecule has 0 aliphatic rings. The summed E-state index contributed by atoms with van der Waals surface area (Å²) in [5, 5.41) is 0. The van der Waals surface area contributed by atoms with Crippen LogP contribution >= 0.6 is 0 Å². The normalized spacial score (nSPS) is 10.5. The van der Waals surface area contributed by atoms with Crippen molar-refractivity contribution in [1.29, 1.82) is 0 Å². The van der Waals surface area contributed by atoms with Gasteiger partial charge in [-0.3, -0.25) is 4.79 Å². The number of anilines is 1. The van der Waals surface area contributed by atoms with E-state index in [1.54, 1.807) is 18.2 Å². The van der Waals surface area contributed by atoms with E-state index in [-0.39, 0.29) is 0 Å². The second kappa shape index (κ2) is 2.48. The van der Waals surface area contributed by atoms with Crippen molar-refractivity contribution >= 4 is 22.8 Å². The van der Waals surface area contributed by atoms with Gasteiger partial charge in [0.15, 0.2) is 0 Å². The van der Waals surface area contributed by atoms with Crippen molar-refractivity contribution in [3.8, 4) is 0 Å².